The molecule has 3 aromatic carbocycles. The maximum Gasteiger partial charge on any atom is 0.255 e. The van der Waals surface area contributed by atoms with E-state index in [1.165, 1.54) is 0 Å². The fraction of sp³-hybridized carbons (Fsp3) is 0.0476. The predicted molar refractivity (Wildman–Crippen MR) is 102 cm³/mol. The lowest BCUT2D eigenvalue weighted by atomic mass is 10.1. The number of benzene rings is 3. The Kier molecular flexibility index (Phi) is 5.66. The highest BCUT2D eigenvalue weighted by atomic mass is 35.5. The van der Waals surface area contributed by atoms with Gasteiger partial charge in [-0.1, -0.05) is 29.8 Å². The first kappa shape index (κ1) is 17.7. The number of hydrogen-bond acceptors (Lipinski definition) is 3. The van der Waals surface area contributed by atoms with Crippen molar-refractivity contribution < 1.29 is 14.3 Å². The smallest absolute Gasteiger partial charge is 0.255 e. The van der Waals surface area contributed by atoms with Gasteiger partial charge in [0.15, 0.2) is 12.4 Å². The summed E-state index contributed by atoms with van der Waals surface area (Å²) in [7, 11) is 0. The van der Waals surface area contributed by atoms with Crippen LogP contribution in [0.5, 0.6) is 5.75 Å². The number of Topliss-reactive ketones (excluding diaryl/α,β-unsaturated/α-hetero) is 1. The molecule has 0 saturated carbocycles. The average Bonchev–Trinajstić information content (AvgIpc) is 2.68. The van der Waals surface area contributed by atoms with Crippen molar-refractivity contribution in [1.29, 1.82) is 0 Å². The molecule has 0 bridgehead atoms. The van der Waals surface area contributed by atoms with E-state index in [2.05, 4.69) is 5.32 Å². The van der Waals surface area contributed by atoms with Crippen molar-refractivity contribution in [3.05, 3.63) is 95.0 Å². The second-order valence-electron chi connectivity index (χ2n) is 5.56. The highest BCUT2D eigenvalue weighted by Crippen LogP contribution is 2.17. The molecule has 0 spiro atoms. The normalized spacial score (nSPS) is 10.2. The maximum atomic E-state index is 12.1. The first-order valence-corrected chi connectivity index (χ1v) is 8.37. The Bertz CT molecular complexity index is 891. The predicted octanol–water partition coefficient (Wildman–Crippen LogP) is 4.85. The minimum absolute atomic E-state index is 0.0721. The molecule has 0 aliphatic rings. The quantitative estimate of drug-likeness (QED) is 0.635. The Balaban J connectivity index is 1.55. The van der Waals surface area contributed by atoms with E-state index in [0.29, 0.717) is 27.6 Å². The molecular weight excluding hydrogens is 350 g/mol. The van der Waals surface area contributed by atoms with E-state index < -0.39 is 0 Å². The topological polar surface area (TPSA) is 55.4 Å². The molecule has 0 aromatic heterocycles. The first-order chi connectivity index (χ1) is 12.6. The monoisotopic (exact) mass is 365 g/mol. The Labute approximate surface area is 156 Å². The van der Waals surface area contributed by atoms with Gasteiger partial charge in [-0.15, -0.1) is 0 Å². The molecule has 130 valence electrons. The molecule has 0 aliphatic carbocycles. The van der Waals surface area contributed by atoms with E-state index in [1.807, 2.05) is 18.2 Å². The molecule has 3 rings (SSSR count). The number of carbonyl (C=O) groups excluding carboxylic acids is 2. The van der Waals surface area contributed by atoms with Crippen LogP contribution < -0.4 is 10.1 Å². The number of hydrogen-bond donors (Lipinski definition) is 1. The van der Waals surface area contributed by atoms with Crippen molar-refractivity contribution in [1.82, 2.24) is 0 Å². The summed E-state index contributed by atoms with van der Waals surface area (Å²) in [6, 6.07) is 22.5. The van der Waals surface area contributed by atoms with Crippen LogP contribution in [0.2, 0.25) is 5.02 Å². The van der Waals surface area contributed by atoms with E-state index in [1.54, 1.807) is 60.7 Å². The molecule has 0 radical (unpaired) electrons. The van der Waals surface area contributed by atoms with Crippen molar-refractivity contribution in [3.63, 3.8) is 0 Å². The number of amides is 1. The molecule has 4 nitrogen and oxygen atoms in total. The molecule has 3 aromatic rings. The van der Waals surface area contributed by atoms with Crippen molar-refractivity contribution in [3.8, 4) is 5.75 Å². The van der Waals surface area contributed by atoms with Crippen LogP contribution in [0.15, 0.2) is 78.9 Å². The van der Waals surface area contributed by atoms with E-state index in [4.69, 9.17) is 16.3 Å². The van der Waals surface area contributed by atoms with Gasteiger partial charge in [-0.05, 0) is 60.7 Å². The first-order valence-electron chi connectivity index (χ1n) is 8.00. The highest BCUT2D eigenvalue weighted by molar-refractivity contribution is 6.30. The molecular formula is C21H16ClNO3. The fourth-order valence-electron chi connectivity index (χ4n) is 2.30. The van der Waals surface area contributed by atoms with Crippen LogP contribution in [-0.2, 0) is 0 Å². The van der Waals surface area contributed by atoms with Crippen LogP contribution >= 0.6 is 11.6 Å². The van der Waals surface area contributed by atoms with Gasteiger partial charge in [-0.2, -0.15) is 0 Å². The average molecular weight is 366 g/mol. The molecule has 0 aliphatic heterocycles. The van der Waals surface area contributed by atoms with Gasteiger partial charge in [0.05, 0.1) is 0 Å². The lowest BCUT2D eigenvalue weighted by Crippen LogP contribution is -2.12. The standard InChI is InChI=1S/C21H16ClNO3/c22-17-8-6-15(7-9-17)20(24)14-26-19-12-10-18(11-13-19)23-21(25)16-4-2-1-3-5-16/h1-13H,14H2,(H,23,25). The van der Waals surface area contributed by atoms with Gasteiger partial charge >= 0.3 is 0 Å². The van der Waals surface area contributed by atoms with Gasteiger partial charge < -0.3 is 10.1 Å². The summed E-state index contributed by atoms with van der Waals surface area (Å²) < 4.78 is 5.50. The van der Waals surface area contributed by atoms with Crippen LogP contribution in [-0.4, -0.2) is 18.3 Å². The third-order valence-electron chi connectivity index (χ3n) is 3.68. The second-order valence-corrected chi connectivity index (χ2v) is 6.00. The zero-order valence-corrected chi connectivity index (χ0v) is 14.6. The summed E-state index contributed by atoms with van der Waals surface area (Å²) in [4.78, 5) is 24.2. The van der Waals surface area contributed by atoms with Gasteiger partial charge in [0.1, 0.15) is 5.75 Å². The highest BCUT2D eigenvalue weighted by Gasteiger charge is 2.08. The van der Waals surface area contributed by atoms with Crippen LogP contribution in [0.3, 0.4) is 0 Å². The maximum absolute atomic E-state index is 12.1. The zero-order valence-electron chi connectivity index (χ0n) is 13.8. The lowest BCUT2D eigenvalue weighted by molar-refractivity contribution is 0.0921. The van der Waals surface area contributed by atoms with Crippen LogP contribution in [0, 0.1) is 0 Å². The summed E-state index contributed by atoms with van der Waals surface area (Å²) >= 11 is 5.81. The van der Waals surface area contributed by atoms with Crippen LogP contribution in [0.4, 0.5) is 5.69 Å². The second kappa shape index (κ2) is 8.32. The Morgan fingerprint density at radius 1 is 0.808 bits per heavy atom. The zero-order chi connectivity index (χ0) is 18.4. The number of anilines is 1. The van der Waals surface area contributed by atoms with Gasteiger partial charge in [0, 0.05) is 21.8 Å². The van der Waals surface area contributed by atoms with Crippen LogP contribution in [0.1, 0.15) is 20.7 Å². The molecule has 0 heterocycles. The summed E-state index contributed by atoms with van der Waals surface area (Å²) in [5.41, 5.74) is 1.78. The lowest BCUT2D eigenvalue weighted by Gasteiger charge is -2.08. The summed E-state index contributed by atoms with van der Waals surface area (Å²) in [5.74, 6) is 0.227. The van der Waals surface area contributed by atoms with Crippen molar-refractivity contribution >= 4 is 29.0 Å². The minimum Gasteiger partial charge on any atom is -0.485 e. The van der Waals surface area contributed by atoms with E-state index in [-0.39, 0.29) is 18.3 Å². The van der Waals surface area contributed by atoms with E-state index in [9.17, 15) is 9.59 Å². The Hall–Kier alpha value is -3.11. The Morgan fingerprint density at radius 2 is 1.46 bits per heavy atom. The van der Waals surface area contributed by atoms with E-state index in [0.717, 1.165) is 0 Å². The van der Waals surface area contributed by atoms with Crippen molar-refractivity contribution in [2.75, 3.05) is 11.9 Å². The summed E-state index contributed by atoms with van der Waals surface area (Å²) in [6.45, 7) is -0.0721. The van der Waals surface area contributed by atoms with E-state index >= 15 is 0 Å². The largest absolute Gasteiger partial charge is 0.485 e. The Morgan fingerprint density at radius 3 is 2.12 bits per heavy atom. The van der Waals surface area contributed by atoms with Gasteiger partial charge in [0.25, 0.3) is 5.91 Å². The molecule has 0 fully saturated rings. The molecule has 0 atom stereocenters. The summed E-state index contributed by atoms with van der Waals surface area (Å²) in [5, 5.41) is 3.39. The number of ketones is 1. The van der Waals surface area contributed by atoms with Crippen molar-refractivity contribution in [2.24, 2.45) is 0 Å². The molecule has 0 saturated heterocycles. The molecule has 5 heteroatoms. The number of carbonyl (C=O) groups is 2. The minimum atomic E-state index is -0.183. The number of nitrogens with one attached hydrogen (secondary N) is 1. The van der Waals surface area contributed by atoms with Crippen LogP contribution in [0.25, 0.3) is 0 Å². The number of rotatable bonds is 6. The molecule has 26 heavy (non-hydrogen) atoms. The molecule has 1 N–H and O–H groups in total. The third kappa shape index (κ3) is 4.71. The molecule has 1 amide bonds. The number of halogens is 1. The molecule has 0 unspecified atom stereocenters. The van der Waals surface area contributed by atoms with Gasteiger partial charge in [-0.25, -0.2) is 0 Å². The fourth-order valence-corrected chi connectivity index (χ4v) is 2.42. The third-order valence-corrected chi connectivity index (χ3v) is 3.94. The summed E-state index contributed by atoms with van der Waals surface area (Å²) in [6.07, 6.45) is 0. The SMILES string of the molecule is O=C(COc1ccc(NC(=O)c2ccccc2)cc1)c1ccc(Cl)cc1. The van der Waals surface area contributed by atoms with Crippen molar-refractivity contribution in [2.45, 2.75) is 0 Å². The number of ether oxygens (including phenoxy) is 1. The van der Waals surface area contributed by atoms with Gasteiger partial charge in [-0.3, -0.25) is 9.59 Å². The van der Waals surface area contributed by atoms with Gasteiger partial charge in [0.2, 0.25) is 0 Å².